The molecule has 7 nitrogen and oxygen atoms in total. The van der Waals surface area contributed by atoms with E-state index in [0.29, 0.717) is 41.8 Å². The van der Waals surface area contributed by atoms with Crippen LogP contribution in [-0.2, 0) is 16.1 Å². The number of hydrogen-bond donors (Lipinski definition) is 1. The number of carbonyl (C=O) groups excluding carboxylic acids is 2. The molecule has 1 aromatic heterocycles. The fourth-order valence-corrected chi connectivity index (χ4v) is 4.32. The zero-order valence-corrected chi connectivity index (χ0v) is 21.4. The monoisotopic (exact) mass is 500 g/mol. The summed E-state index contributed by atoms with van der Waals surface area (Å²) < 4.78 is 11.9. The van der Waals surface area contributed by atoms with Crippen molar-refractivity contribution in [3.8, 4) is 11.5 Å². The Balaban J connectivity index is 1.81. The van der Waals surface area contributed by atoms with Crippen LogP contribution < -0.4 is 9.47 Å². The van der Waals surface area contributed by atoms with Gasteiger partial charge in [-0.15, -0.1) is 0 Å². The first-order valence-corrected chi connectivity index (χ1v) is 12.5. The standard InChI is InChI=1S/C30H32N2O5/c1-4-36-25-17-23(12-13-24(25)37-16-14-20(2)3)27-26(28(33)22-10-6-5-7-11-22)29(34)30(35)32(27)19-21-9-8-15-31-18-21/h5-13,15,17-18,20,27,33H,4,14,16,19H2,1-3H3. The Hall–Kier alpha value is -4.13. The number of carbonyl (C=O) groups is 2. The van der Waals surface area contributed by atoms with Crippen molar-refractivity contribution in [1.82, 2.24) is 9.88 Å². The van der Waals surface area contributed by atoms with E-state index in [1.54, 1.807) is 54.9 Å². The summed E-state index contributed by atoms with van der Waals surface area (Å²) in [5, 5.41) is 11.2. The summed E-state index contributed by atoms with van der Waals surface area (Å²) in [7, 11) is 0. The number of aliphatic hydroxyl groups excluding tert-OH is 1. The van der Waals surface area contributed by atoms with Crippen LogP contribution in [0.15, 0.2) is 78.6 Å². The lowest BCUT2D eigenvalue weighted by atomic mass is 9.95. The average Bonchev–Trinajstić information content (AvgIpc) is 3.15. The second kappa shape index (κ2) is 11.7. The molecule has 4 rings (SSSR count). The molecule has 1 atom stereocenters. The first-order valence-electron chi connectivity index (χ1n) is 12.5. The van der Waals surface area contributed by atoms with Gasteiger partial charge in [-0.3, -0.25) is 14.6 Å². The first-order chi connectivity index (χ1) is 17.9. The number of Topliss-reactive ketones (excluding diaryl/α,β-unsaturated/α-hetero) is 1. The Kier molecular flexibility index (Phi) is 8.23. The number of benzene rings is 2. The number of ether oxygens (including phenoxy) is 2. The van der Waals surface area contributed by atoms with Gasteiger partial charge in [0.1, 0.15) is 5.76 Å². The third-order valence-electron chi connectivity index (χ3n) is 6.20. The molecule has 2 heterocycles. The maximum atomic E-state index is 13.3. The van der Waals surface area contributed by atoms with Crippen LogP contribution in [0.1, 0.15) is 49.9 Å². The fraction of sp³-hybridized carbons (Fsp3) is 0.300. The highest BCUT2D eigenvalue weighted by Crippen LogP contribution is 2.42. The van der Waals surface area contributed by atoms with Gasteiger partial charge in [0, 0.05) is 24.5 Å². The summed E-state index contributed by atoms with van der Waals surface area (Å²) in [5.74, 6) is -0.00570. The van der Waals surface area contributed by atoms with Crippen LogP contribution in [-0.4, -0.2) is 39.9 Å². The number of nitrogens with zero attached hydrogens (tertiary/aromatic N) is 2. The molecule has 1 fully saturated rings. The van der Waals surface area contributed by atoms with Crippen LogP contribution in [0.2, 0.25) is 0 Å². The fourth-order valence-electron chi connectivity index (χ4n) is 4.32. The normalized spacial score (nSPS) is 16.9. The number of pyridine rings is 1. The van der Waals surface area contributed by atoms with Gasteiger partial charge in [-0.05, 0) is 48.6 Å². The van der Waals surface area contributed by atoms with E-state index < -0.39 is 17.7 Å². The van der Waals surface area contributed by atoms with Crippen LogP contribution in [0.3, 0.4) is 0 Å². The number of amides is 1. The number of aromatic nitrogens is 1. The van der Waals surface area contributed by atoms with Crippen LogP contribution in [0.5, 0.6) is 11.5 Å². The number of rotatable bonds is 10. The van der Waals surface area contributed by atoms with Gasteiger partial charge in [-0.1, -0.05) is 56.3 Å². The van der Waals surface area contributed by atoms with E-state index in [1.165, 1.54) is 4.90 Å². The molecule has 0 saturated carbocycles. The van der Waals surface area contributed by atoms with E-state index in [9.17, 15) is 14.7 Å². The van der Waals surface area contributed by atoms with Crippen molar-refractivity contribution in [2.24, 2.45) is 5.92 Å². The van der Waals surface area contributed by atoms with Crippen molar-refractivity contribution < 1.29 is 24.2 Å². The topological polar surface area (TPSA) is 89.0 Å². The molecule has 1 saturated heterocycles. The molecule has 3 aromatic rings. The van der Waals surface area contributed by atoms with E-state index in [1.807, 2.05) is 25.1 Å². The summed E-state index contributed by atoms with van der Waals surface area (Å²) in [6, 6.07) is 17.0. The quantitative estimate of drug-likeness (QED) is 0.224. The van der Waals surface area contributed by atoms with Crippen LogP contribution in [0, 0.1) is 5.92 Å². The SMILES string of the molecule is CCOc1cc(C2C(=C(O)c3ccccc3)C(=O)C(=O)N2Cc2cccnc2)ccc1OCCC(C)C. The molecule has 0 spiro atoms. The number of likely N-dealkylation sites (tertiary alicyclic amines) is 1. The predicted octanol–water partition coefficient (Wildman–Crippen LogP) is 5.53. The van der Waals surface area contributed by atoms with Crippen molar-refractivity contribution >= 4 is 17.4 Å². The summed E-state index contributed by atoms with van der Waals surface area (Å²) in [6.07, 6.45) is 4.21. The Morgan fingerprint density at radius 3 is 2.49 bits per heavy atom. The highest BCUT2D eigenvalue weighted by Gasteiger charge is 2.46. The summed E-state index contributed by atoms with van der Waals surface area (Å²) in [4.78, 5) is 32.2. The molecule has 2 aromatic carbocycles. The van der Waals surface area contributed by atoms with Crippen molar-refractivity contribution in [3.63, 3.8) is 0 Å². The molecule has 0 aliphatic carbocycles. The Labute approximate surface area is 217 Å². The van der Waals surface area contributed by atoms with E-state index in [0.717, 1.165) is 12.0 Å². The van der Waals surface area contributed by atoms with Crippen molar-refractivity contribution in [2.75, 3.05) is 13.2 Å². The largest absolute Gasteiger partial charge is 0.507 e. The highest BCUT2D eigenvalue weighted by atomic mass is 16.5. The molecule has 1 aliphatic rings. The maximum Gasteiger partial charge on any atom is 0.295 e. The minimum absolute atomic E-state index is 0.0380. The van der Waals surface area contributed by atoms with E-state index >= 15 is 0 Å². The number of ketones is 1. The van der Waals surface area contributed by atoms with Gasteiger partial charge < -0.3 is 19.5 Å². The van der Waals surface area contributed by atoms with Crippen LogP contribution in [0.4, 0.5) is 0 Å². The molecule has 0 radical (unpaired) electrons. The number of hydrogen-bond acceptors (Lipinski definition) is 6. The van der Waals surface area contributed by atoms with E-state index in [4.69, 9.17) is 9.47 Å². The second-order valence-electron chi connectivity index (χ2n) is 9.32. The third kappa shape index (κ3) is 5.82. The highest BCUT2D eigenvalue weighted by molar-refractivity contribution is 6.46. The lowest BCUT2D eigenvalue weighted by Gasteiger charge is -2.26. The minimum atomic E-state index is -0.815. The molecular weight excluding hydrogens is 468 g/mol. The second-order valence-corrected chi connectivity index (χ2v) is 9.32. The lowest BCUT2D eigenvalue weighted by Crippen LogP contribution is -2.29. The van der Waals surface area contributed by atoms with Gasteiger partial charge in [0.15, 0.2) is 11.5 Å². The lowest BCUT2D eigenvalue weighted by molar-refractivity contribution is -0.140. The molecular formula is C30H32N2O5. The smallest absolute Gasteiger partial charge is 0.295 e. The van der Waals surface area contributed by atoms with E-state index in [-0.39, 0.29) is 17.9 Å². The minimum Gasteiger partial charge on any atom is -0.507 e. The molecule has 1 aliphatic heterocycles. The zero-order chi connectivity index (χ0) is 26.4. The Bertz CT molecular complexity index is 1270. The van der Waals surface area contributed by atoms with Gasteiger partial charge in [0.2, 0.25) is 0 Å². The maximum absolute atomic E-state index is 13.3. The summed E-state index contributed by atoms with van der Waals surface area (Å²) in [5.41, 5.74) is 1.91. The van der Waals surface area contributed by atoms with Gasteiger partial charge in [0.25, 0.3) is 11.7 Å². The van der Waals surface area contributed by atoms with Crippen LogP contribution >= 0.6 is 0 Å². The van der Waals surface area contributed by atoms with Crippen molar-refractivity contribution in [2.45, 2.75) is 39.8 Å². The van der Waals surface area contributed by atoms with Gasteiger partial charge >= 0.3 is 0 Å². The summed E-state index contributed by atoms with van der Waals surface area (Å²) >= 11 is 0. The predicted molar refractivity (Wildman–Crippen MR) is 141 cm³/mol. The molecule has 1 N–H and O–H groups in total. The molecule has 0 bridgehead atoms. The summed E-state index contributed by atoms with van der Waals surface area (Å²) in [6.45, 7) is 7.27. The van der Waals surface area contributed by atoms with Crippen molar-refractivity contribution in [3.05, 3.63) is 95.3 Å². The molecule has 37 heavy (non-hydrogen) atoms. The average molecular weight is 501 g/mol. The molecule has 7 heteroatoms. The third-order valence-corrected chi connectivity index (χ3v) is 6.20. The Morgan fingerprint density at radius 1 is 1.03 bits per heavy atom. The van der Waals surface area contributed by atoms with Gasteiger partial charge in [0.05, 0.1) is 24.8 Å². The van der Waals surface area contributed by atoms with Crippen LogP contribution in [0.25, 0.3) is 5.76 Å². The Morgan fingerprint density at radius 2 is 1.81 bits per heavy atom. The molecule has 1 unspecified atom stereocenters. The van der Waals surface area contributed by atoms with Crippen molar-refractivity contribution in [1.29, 1.82) is 0 Å². The van der Waals surface area contributed by atoms with Gasteiger partial charge in [-0.25, -0.2) is 0 Å². The van der Waals surface area contributed by atoms with Gasteiger partial charge in [-0.2, -0.15) is 0 Å². The first kappa shape index (κ1) is 25.9. The molecule has 192 valence electrons. The zero-order valence-electron chi connectivity index (χ0n) is 21.4. The number of aliphatic hydroxyl groups is 1. The van der Waals surface area contributed by atoms with E-state index in [2.05, 4.69) is 18.8 Å². The molecule has 1 amide bonds.